The number of para-hydroxylation sites is 2. The van der Waals surface area contributed by atoms with Crippen LogP contribution in [-0.2, 0) is 4.79 Å². The van der Waals surface area contributed by atoms with Gasteiger partial charge in [0.05, 0.1) is 17.4 Å². The second-order valence-corrected chi connectivity index (χ2v) is 5.62. The van der Waals surface area contributed by atoms with Crippen molar-refractivity contribution in [1.29, 1.82) is 0 Å². The number of ketones is 1. The van der Waals surface area contributed by atoms with Gasteiger partial charge in [-0.15, -0.1) is 0 Å². The molecule has 1 heterocycles. The van der Waals surface area contributed by atoms with Crippen molar-refractivity contribution in [2.75, 3.05) is 5.32 Å². The lowest BCUT2D eigenvalue weighted by atomic mass is 10.0. The maximum absolute atomic E-state index is 11.5. The maximum atomic E-state index is 11.5. The van der Waals surface area contributed by atoms with Crippen LogP contribution in [0.2, 0.25) is 0 Å². The highest BCUT2D eigenvalue weighted by atomic mass is 32.2. The van der Waals surface area contributed by atoms with Gasteiger partial charge in [0.15, 0.2) is 5.78 Å². The second kappa shape index (κ2) is 4.72. The number of hydrogen-bond donors (Lipinski definition) is 2. The van der Waals surface area contributed by atoms with E-state index in [0.29, 0.717) is 0 Å². The molecule has 0 fully saturated rings. The van der Waals surface area contributed by atoms with Crippen molar-refractivity contribution in [3.8, 4) is 0 Å². The van der Waals surface area contributed by atoms with Gasteiger partial charge < -0.3 is 11.1 Å². The first-order valence-corrected chi connectivity index (χ1v) is 6.91. The van der Waals surface area contributed by atoms with Crippen LogP contribution in [0.5, 0.6) is 0 Å². The minimum absolute atomic E-state index is 0.0286. The Balaban J connectivity index is 2.08. The topological polar surface area (TPSA) is 55.1 Å². The zero-order valence-electron chi connectivity index (χ0n) is 10.5. The summed E-state index contributed by atoms with van der Waals surface area (Å²) >= 11 is 1.70. The van der Waals surface area contributed by atoms with E-state index < -0.39 is 6.04 Å². The summed E-state index contributed by atoms with van der Waals surface area (Å²) in [6.45, 7) is 1.52. The van der Waals surface area contributed by atoms with E-state index in [2.05, 4.69) is 11.4 Å². The van der Waals surface area contributed by atoms with Gasteiger partial charge in [0.25, 0.3) is 0 Å². The molecule has 2 aromatic carbocycles. The van der Waals surface area contributed by atoms with E-state index in [1.54, 1.807) is 11.8 Å². The fourth-order valence-electron chi connectivity index (χ4n) is 2.16. The van der Waals surface area contributed by atoms with Crippen molar-refractivity contribution in [2.45, 2.75) is 22.8 Å². The number of carbonyl (C=O) groups is 1. The molecular weight excluding hydrogens is 256 g/mol. The van der Waals surface area contributed by atoms with Crippen LogP contribution >= 0.6 is 11.8 Å². The average Bonchev–Trinajstić information content (AvgIpc) is 2.43. The average molecular weight is 270 g/mol. The van der Waals surface area contributed by atoms with E-state index in [1.807, 2.05) is 36.4 Å². The predicted octanol–water partition coefficient (Wildman–Crippen LogP) is 3.48. The van der Waals surface area contributed by atoms with Gasteiger partial charge in [0, 0.05) is 15.4 Å². The molecule has 1 atom stereocenters. The van der Waals surface area contributed by atoms with E-state index in [1.165, 1.54) is 11.8 Å². The summed E-state index contributed by atoms with van der Waals surface area (Å²) in [4.78, 5) is 13.8. The summed E-state index contributed by atoms with van der Waals surface area (Å²) in [6.07, 6.45) is 0. The molecule has 3 nitrogen and oxygen atoms in total. The van der Waals surface area contributed by atoms with E-state index >= 15 is 0 Å². The van der Waals surface area contributed by atoms with E-state index in [0.717, 1.165) is 21.8 Å². The highest BCUT2D eigenvalue weighted by molar-refractivity contribution is 7.99. The Morgan fingerprint density at radius 3 is 2.68 bits per heavy atom. The number of nitrogens with two attached hydrogens (primary N) is 1. The predicted molar refractivity (Wildman–Crippen MR) is 77.9 cm³/mol. The standard InChI is InChI=1S/C15H14N2OS/c1-9(18)14(16)10-5-4-8-13-15(10)17-11-6-2-3-7-12(11)19-13/h2-8,14,17H,16H2,1H3. The molecule has 0 radical (unpaired) electrons. The highest BCUT2D eigenvalue weighted by Crippen LogP contribution is 2.46. The fourth-order valence-corrected chi connectivity index (χ4v) is 3.19. The molecule has 19 heavy (non-hydrogen) atoms. The Morgan fingerprint density at radius 1 is 1.16 bits per heavy atom. The number of carbonyl (C=O) groups excluding carboxylic acids is 1. The molecule has 1 unspecified atom stereocenters. The molecule has 1 aliphatic heterocycles. The van der Waals surface area contributed by atoms with Crippen molar-refractivity contribution >= 4 is 28.9 Å². The van der Waals surface area contributed by atoms with Crippen molar-refractivity contribution in [3.63, 3.8) is 0 Å². The van der Waals surface area contributed by atoms with Gasteiger partial charge in [-0.2, -0.15) is 0 Å². The van der Waals surface area contributed by atoms with Crippen LogP contribution < -0.4 is 11.1 Å². The first-order chi connectivity index (χ1) is 9.16. The van der Waals surface area contributed by atoms with Crippen LogP contribution in [0.25, 0.3) is 0 Å². The first-order valence-electron chi connectivity index (χ1n) is 6.09. The van der Waals surface area contributed by atoms with Crippen LogP contribution in [0.1, 0.15) is 18.5 Å². The van der Waals surface area contributed by atoms with Gasteiger partial charge in [-0.05, 0) is 25.1 Å². The third-order valence-electron chi connectivity index (χ3n) is 3.20. The molecule has 0 spiro atoms. The third kappa shape index (κ3) is 2.13. The summed E-state index contributed by atoms with van der Waals surface area (Å²) in [5.41, 5.74) is 8.85. The molecule has 3 rings (SSSR count). The fraction of sp³-hybridized carbons (Fsp3) is 0.133. The van der Waals surface area contributed by atoms with Crippen molar-refractivity contribution < 1.29 is 4.79 Å². The zero-order chi connectivity index (χ0) is 13.4. The molecule has 4 heteroatoms. The molecule has 0 bridgehead atoms. The van der Waals surface area contributed by atoms with E-state index in [9.17, 15) is 4.79 Å². The maximum Gasteiger partial charge on any atom is 0.151 e. The number of benzene rings is 2. The summed E-state index contributed by atoms with van der Waals surface area (Å²) in [5, 5.41) is 3.39. The first kappa shape index (κ1) is 12.3. The highest BCUT2D eigenvalue weighted by Gasteiger charge is 2.22. The second-order valence-electron chi connectivity index (χ2n) is 4.53. The molecule has 0 aromatic heterocycles. The van der Waals surface area contributed by atoms with Gasteiger partial charge in [-0.1, -0.05) is 36.0 Å². The molecule has 96 valence electrons. The van der Waals surface area contributed by atoms with Gasteiger partial charge in [0.1, 0.15) is 0 Å². The van der Waals surface area contributed by atoms with Crippen LogP contribution in [0.4, 0.5) is 11.4 Å². The quantitative estimate of drug-likeness (QED) is 0.748. The summed E-state index contributed by atoms with van der Waals surface area (Å²) in [7, 11) is 0. The molecule has 0 amide bonds. The largest absolute Gasteiger partial charge is 0.353 e. The van der Waals surface area contributed by atoms with E-state index in [4.69, 9.17) is 5.73 Å². The van der Waals surface area contributed by atoms with Crippen LogP contribution in [0.3, 0.4) is 0 Å². The Bertz CT molecular complexity index is 654. The van der Waals surface area contributed by atoms with Gasteiger partial charge >= 0.3 is 0 Å². The molecule has 3 N–H and O–H groups in total. The minimum atomic E-state index is -0.576. The Kier molecular flexibility index (Phi) is 3.05. The Hall–Kier alpha value is -1.78. The Morgan fingerprint density at radius 2 is 1.89 bits per heavy atom. The smallest absolute Gasteiger partial charge is 0.151 e. The number of Topliss-reactive ketones (excluding diaryl/α,β-unsaturated/α-hetero) is 1. The van der Waals surface area contributed by atoms with Gasteiger partial charge in [-0.25, -0.2) is 0 Å². The molecular formula is C15H14N2OS. The summed E-state index contributed by atoms with van der Waals surface area (Å²) < 4.78 is 0. The van der Waals surface area contributed by atoms with Gasteiger partial charge in [0.2, 0.25) is 0 Å². The van der Waals surface area contributed by atoms with Crippen LogP contribution in [-0.4, -0.2) is 5.78 Å². The lowest BCUT2D eigenvalue weighted by Gasteiger charge is -2.24. The SMILES string of the molecule is CC(=O)C(N)c1cccc2c1Nc1ccccc1S2. The zero-order valence-corrected chi connectivity index (χ0v) is 11.3. The lowest BCUT2D eigenvalue weighted by Crippen LogP contribution is -2.20. The Labute approximate surface area is 116 Å². The van der Waals surface area contributed by atoms with Gasteiger partial charge in [-0.3, -0.25) is 4.79 Å². The lowest BCUT2D eigenvalue weighted by molar-refractivity contribution is -0.118. The monoisotopic (exact) mass is 270 g/mol. The summed E-state index contributed by atoms with van der Waals surface area (Å²) in [6, 6.07) is 13.4. The number of fused-ring (bicyclic) bond motifs is 2. The third-order valence-corrected chi connectivity index (χ3v) is 4.33. The van der Waals surface area contributed by atoms with Crippen LogP contribution in [0, 0.1) is 0 Å². The molecule has 2 aromatic rings. The normalized spacial score (nSPS) is 14.0. The van der Waals surface area contributed by atoms with Crippen molar-refractivity contribution in [2.24, 2.45) is 5.73 Å². The number of hydrogen-bond acceptors (Lipinski definition) is 4. The number of anilines is 2. The van der Waals surface area contributed by atoms with Crippen LogP contribution in [0.15, 0.2) is 52.3 Å². The number of nitrogens with one attached hydrogen (secondary N) is 1. The van der Waals surface area contributed by atoms with E-state index in [-0.39, 0.29) is 5.78 Å². The molecule has 0 saturated carbocycles. The number of rotatable bonds is 2. The van der Waals surface area contributed by atoms with Crippen molar-refractivity contribution in [3.05, 3.63) is 48.0 Å². The molecule has 0 aliphatic carbocycles. The van der Waals surface area contributed by atoms with Crippen molar-refractivity contribution in [1.82, 2.24) is 0 Å². The molecule has 0 saturated heterocycles. The minimum Gasteiger partial charge on any atom is -0.353 e. The summed E-state index contributed by atoms with van der Waals surface area (Å²) in [5.74, 6) is -0.0286. The molecule has 1 aliphatic rings.